The number of aliphatic imine (C=N–C) groups is 1. The van der Waals surface area contributed by atoms with Gasteiger partial charge in [-0.3, -0.25) is 4.99 Å². The molecule has 0 aliphatic heterocycles. The largest absolute Gasteiger partial charge is 0.465 e. The van der Waals surface area contributed by atoms with Gasteiger partial charge in [0.1, 0.15) is 5.82 Å². The summed E-state index contributed by atoms with van der Waals surface area (Å²) in [6.45, 7) is 0. The van der Waals surface area contributed by atoms with Gasteiger partial charge in [-0.25, -0.2) is 9.18 Å². The minimum absolute atomic E-state index is 0.00521. The highest BCUT2D eigenvalue weighted by molar-refractivity contribution is 5.95. The molecule has 1 unspecified atom stereocenters. The summed E-state index contributed by atoms with van der Waals surface area (Å²) >= 11 is 0. The van der Waals surface area contributed by atoms with E-state index in [9.17, 15) is 9.18 Å². The first-order valence-corrected chi connectivity index (χ1v) is 5.31. The summed E-state index contributed by atoms with van der Waals surface area (Å²) in [7, 11) is 1.18. The summed E-state index contributed by atoms with van der Waals surface area (Å²) in [6.07, 6.45) is 1.25. The number of carbonyl (C=O) groups excluding carboxylic acids is 1. The van der Waals surface area contributed by atoms with Crippen LogP contribution in [0.4, 0.5) is 10.1 Å². The van der Waals surface area contributed by atoms with Crippen molar-refractivity contribution in [3.8, 4) is 12.1 Å². The molecule has 0 fully saturated rings. The third-order valence-corrected chi connectivity index (χ3v) is 2.23. The van der Waals surface area contributed by atoms with Crippen LogP contribution in [0.5, 0.6) is 0 Å². The molecule has 0 N–H and O–H groups in total. The van der Waals surface area contributed by atoms with Crippen molar-refractivity contribution in [3.05, 3.63) is 29.6 Å². The first-order chi connectivity index (χ1) is 9.12. The topological polar surface area (TPSA) is 86.2 Å². The van der Waals surface area contributed by atoms with Crippen molar-refractivity contribution in [2.24, 2.45) is 10.9 Å². The number of nitriles is 2. The molecule has 1 atom stereocenters. The Hall–Kier alpha value is -2.73. The molecule has 1 rings (SSSR count). The number of carbonyl (C=O) groups is 1. The summed E-state index contributed by atoms with van der Waals surface area (Å²) in [5, 5.41) is 17.3. The molecule has 0 saturated heterocycles. The van der Waals surface area contributed by atoms with Crippen molar-refractivity contribution in [3.63, 3.8) is 0 Å². The molecule has 0 radical (unpaired) electrons. The van der Waals surface area contributed by atoms with Crippen LogP contribution in [0, 0.1) is 34.4 Å². The van der Waals surface area contributed by atoms with E-state index < -0.39 is 17.7 Å². The second kappa shape index (κ2) is 6.87. The quantitative estimate of drug-likeness (QED) is 0.613. The van der Waals surface area contributed by atoms with E-state index in [1.165, 1.54) is 19.4 Å². The maximum atomic E-state index is 13.1. The summed E-state index contributed by atoms with van der Waals surface area (Å²) in [5.74, 6) is -1.99. The minimum atomic E-state index is -0.722. The van der Waals surface area contributed by atoms with Crippen LogP contribution in [-0.2, 0) is 4.74 Å². The number of methoxy groups -OCH3 is 1. The molecule has 0 heterocycles. The standard InChI is InChI=1S/C13H10FN3O2/c1-19-13(18)11-6-10(14)2-3-12(11)17-8-9(7-16)4-5-15/h2-3,6,8-9H,4H2,1H3. The number of hydrogen-bond acceptors (Lipinski definition) is 5. The minimum Gasteiger partial charge on any atom is -0.465 e. The number of ether oxygens (including phenoxy) is 1. The fourth-order valence-corrected chi connectivity index (χ4v) is 1.29. The van der Waals surface area contributed by atoms with Crippen molar-refractivity contribution in [1.82, 2.24) is 0 Å². The first kappa shape index (κ1) is 14.3. The van der Waals surface area contributed by atoms with Gasteiger partial charge in [0.15, 0.2) is 0 Å². The fourth-order valence-electron chi connectivity index (χ4n) is 1.29. The van der Waals surface area contributed by atoms with Crippen LogP contribution in [0.15, 0.2) is 23.2 Å². The van der Waals surface area contributed by atoms with Crippen LogP contribution < -0.4 is 0 Å². The van der Waals surface area contributed by atoms with Gasteiger partial charge in [-0.05, 0) is 18.2 Å². The zero-order valence-electron chi connectivity index (χ0n) is 10.1. The van der Waals surface area contributed by atoms with Gasteiger partial charge in [-0.2, -0.15) is 10.5 Å². The summed E-state index contributed by atoms with van der Waals surface area (Å²) in [4.78, 5) is 15.4. The van der Waals surface area contributed by atoms with E-state index in [-0.39, 0.29) is 17.7 Å². The number of benzene rings is 1. The second-order valence-corrected chi connectivity index (χ2v) is 3.53. The fraction of sp³-hybridized carbons (Fsp3) is 0.231. The van der Waals surface area contributed by atoms with Crippen molar-refractivity contribution in [1.29, 1.82) is 10.5 Å². The number of rotatable bonds is 4. The van der Waals surface area contributed by atoms with E-state index in [2.05, 4.69) is 9.73 Å². The second-order valence-electron chi connectivity index (χ2n) is 3.53. The molecular weight excluding hydrogens is 249 g/mol. The SMILES string of the molecule is COC(=O)c1cc(F)ccc1N=CC(C#N)CC#N. The molecule has 96 valence electrons. The molecule has 1 aromatic carbocycles. The van der Waals surface area contributed by atoms with Crippen LogP contribution in [0.2, 0.25) is 0 Å². The lowest BCUT2D eigenvalue weighted by molar-refractivity contribution is 0.0601. The van der Waals surface area contributed by atoms with E-state index in [1.54, 1.807) is 0 Å². The van der Waals surface area contributed by atoms with E-state index >= 15 is 0 Å². The van der Waals surface area contributed by atoms with Crippen molar-refractivity contribution >= 4 is 17.9 Å². The van der Waals surface area contributed by atoms with Crippen LogP contribution in [-0.4, -0.2) is 19.3 Å². The van der Waals surface area contributed by atoms with Crippen LogP contribution in [0.1, 0.15) is 16.8 Å². The third kappa shape index (κ3) is 3.90. The Labute approximate surface area is 109 Å². The summed E-state index contributed by atoms with van der Waals surface area (Å²) in [6, 6.07) is 7.18. The monoisotopic (exact) mass is 259 g/mol. The Kier molecular flexibility index (Phi) is 5.18. The highest BCUT2D eigenvalue weighted by Crippen LogP contribution is 2.21. The molecule has 5 nitrogen and oxygen atoms in total. The average molecular weight is 259 g/mol. The third-order valence-electron chi connectivity index (χ3n) is 2.23. The van der Waals surface area contributed by atoms with E-state index in [1.807, 2.05) is 12.1 Å². The lowest BCUT2D eigenvalue weighted by Crippen LogP contribution is -2.03. The van der Waals surface area contributed by atoms with Crippen molar-refractivity contribution in [2.45, 2.75) is 6.42 Å². The number of halogens is 1. The van der Waals surface area contributed by atoms with Crippen molar-refractivity contribution in [2.75, 3.05) is 7.11 Å². The molecule has 0 spiro atoms. The summed E-state index contributed by atoms with van der Waals surface area (Å²) < 4.78 is 17.6. The predicted octanol–water partition coefficient (Wildman–Crippen LogP) is 2.37. The molecule has 19 heavy (non-hydrogen) atoms. The zero-order chi connectivity index (χ0) is 14.3. The number of esters is 1. The lowest BCUT2D eigenvalue weighted by atomic mass is 10.1. The molecule has 0 aromatic heterocycles. The molecule has 1 aromatic rings. The highest BCUT2D eigenvalue weighted by Gasteiger charge is 2.13. The number of hydrogen-bond donors (Lipinski definition) is 0. The normalized spacial score (nSPS) is 11.6. The first-order valence-electron chi connectivity index (χ1n) is 5.31. The van der Waals surface area contributed by atoms with Gasteiger partial charge >= 0.3 is 5.97 Å². The van der Waals surface area contributed by atoms with Gasteiger partial charge in [0, 0.05) is 6.21 Å². The Bertz CT molecular complexity index is 585. The van der Waals surface area contributed by atoms with Crippen molar-refractivity contribution < 1.29 is 13.9 Å². The van der Waals surface area contributed by atoms with Gasteiger partial charge in [-0.1, -0.05) is 0 Å². The Morgan fingerprint density at radius 1 is 1.58 bits per heavy atom. The molecular formula is C13H10FN3O2. The Morgan fingerprint density at radius 3 is 2.89 bits per heavy atom. The van der Waals surface area contributed by atoms with Gasteiger partial charge in [0.2, 0.25) is 0 Å². The van der Waals surface area contributed by atoms with Crippen LogP contribution >= 0.6 is 0 Å². The van der Waals surface area contributed by atoms with E-state index in [4.69, 9.17) is 10.5 Å². The zero-order valence-corrected chi connectivity index (χ0v) is 10.1. The van der Waals surface area contributed by atoms with Gasteiger partial charge < -0.3 is 4.74 Å². The van der Waals surface area contributed by atoms with Gasteiger partial charge in [0.25, 0.3) is 0 Å². The molecule has 6 heteroatoms. The maximum absolute atomic E-state index is 13.1. The van der Waals surface area contributed by atoms with Crippen LogP contribution in [0.3, 0.4) is 0 Å². The smallest absolute Gasteiger partial charge is 0.340 e. The van der Waals surface area contributed by atoms with Crippen LogP contribution in [0.25, 0.3) is 0 Å². The van der Waals surface area contributed by atoms with E-state index in [0.717, 1.165) is 12.1 Å². The summed E-state index contributed by atoms with van der Waals surface area (Å²) in [5.41, 5.74) is 0.152. The number of nitrogens with zero attached hydrogens (tertiary/aromatic N) is 3. The maximum Gasteiger partial charge on any atom is 0.340 e. The molecule has 0 aliphatic carbocycles. The molecule has 0 saturated carbocycles. The van der Waals surface area contributed by atoms with Gasteiger partial charge in [0.05, 0.1) is 42.8 Å². The highest BCUT2D eigenvalue weighted by atomic mass is 19.1. The van der Waals surface area contributed by atoms with E-state index in [0.29, 0.717) is 0 Å². The Balaban J connectivity index is 3.08. The predicted molar refractivity (Wildman–Crippen MR) is 65.2 cm³/mol. The Morgan fingerprint density at radius 2 is 2.32 bits per heavy atom. The molecule has 0 aliphatic rings. The molecule has 0 bridgehead atoms. The molecule has 0 amide bonds. The lowest BCUT2D eigenvalue weighted by Gasteiger charge is -2.04. The average Bonchev–Trinajstić information content (AvgIpc) is 2.43. The van der Waals surface area contributed by atoms with Gasteiger partial charge in [-0.15, -0.1) is 0 Å².